The molecule has 0 unspecified atom stereocenters. The number of hydrogen-bond acceptors (Lipinski definition) is 2. The predicted molar refractivity (Wildman–Crippen MR) is 210 cm³/mol. The van der Waals surface area contributed by atoms with Gasteiger partial charge in [0.05, 0.1) is 16.8 Å². The molecule has 0 aliphatic heterocycles. The molecule has 236 valence electrons. The Kier molecular flexibility index (Phi) is 5.91. The van der Waals surface area contributed by atoms with Gasteiger partial charge in [-0.15, -0.1) is 0 Å². The van der Waals surface area contributed by atoms with Crippen LogP contribution < -0.4 is 0 Å². The Morgan fingerprint density at radius 1 is 0.353 bits per heavy atom. The highest BCUT2D eigenvalue weighted by atomic mass is 14.9. The molecule has 0 amide bonds. The summed E-state index contributed by atoms with van der Waals surface area (Å²) in [6.07, 6.45) is 0. The van der Waals surface area contributed by atoms with Crippen molar-refractivity contribution in [2.45, 2.75) is 5.41 Å². The lowest BCUT2D eigenvalue weighted by atomic mass is 9.69. The molecule has 9 aromatic rings. The van der Waals surface area contributed by atoms with Gasteiger partial charge in [0.1, 0.15) is 0 Å². The number of fused-ring (bicyclic) bond motifs is 14. The van der Waals surface area contributed by atoms with Gasteiger partial charge in [0.15, 0.2) is 5.82 Å². The van der Waals surface area contributed by atoms with Gasteiger partial charge in [0, 0.05) is 16.7 Å². The first-order valence-corrected chi connectivity index (χ1v) is 17.6. The van der Waals surface area contributed by atoms with Crippen molar-refractivity contribution in [1.29, 1.82) is 0 Å². The third-order valence-corrected chi connectivity index (χ3v) is 11.1. The molecule has 2 nitrogen and oxygen atoms in total. The summed E-state index contributed by atoms with van der Waals surface area (Å²) in [7, 11) is 0. The molecule has 1 spiro atoms. The first-order valence-electron chi connectivity index (χ1n) is 17.6. The second-order valence-corrected chi connectivity index (χ2v) is 13.7. The Labute approximate surface area is 296 Å². The van der Waals surface area contributed by atoms with Crippen LogP contribution in [0.25, 0.3) is 77.7 Å². The lowest BCUT2D eigenvalue weighted by Crippen LogP contribution is -2.26. The Bertz CT molecular complexity index is 2750. The van der Waals surface area contributed by atoms with Crippen LogP contribution in [-0.4, -0.2) is 9.97 Å². The molecule has 11 rings (SSSR count). The lowest BCUT2D eigenvalue weighted by Gasteiger charge is -2.31. The summed E-state index contributed by atoms with van der Waals surface area (Å²) in [5, 5.41) is 4.99. The van der Waals surface area contributed by atoms with E-state index in [4.69, 9.17) is 9.97 Å². The molecule has 0 saturated carbocycles. The largest absolute Gasteiger partial charge is 0.228 e. The van der Waals surface area contributed by atoms with Gasteiger partial charge >= 0.3 is 0 Å². The van der Waals surface area contributed by atoms with E-state index in [9.17, 15) is 0 Å². The molecule has 8 aromatic carbocycles. The Morgan fingerprint density at radius 2 is 0.941 bits per heavy atom. The summed E-state index contributed by atoms with van der Waals surface area (Å²) in [4.78, 5) is 10.3. The maximum Gasteiger partial charge on any atom is 0.160 e. The van der Waals surface area contributed by atoms with Gasteiger partial charge in [-0.05, 0) is 78.2 Å². The van der Waals surface area contributed by atoms with Gasteiger partial charge in [0.2, 0.25) is 0 Å². The fourth-order valence-corrected chi connectivity index (χ4v) is 8.97. The van der Waals surface area contributed by atoms with E-state index in [0.29, 0.717) is 0 Å². The zero-order valence-corrected chi connectivity index (χ0v) is 27.7. The van der Waals surface area contributed by atoms with E-state index in [-0.39, 0.29) is 0 Å². The fourth-order valence-electron chi connectivity index (χ4n) is 8.97. The van der Waals surface area contributed by atoms with Crippen LogP contribution in [0.3, 0.4) is 0 Å². The van der Waals surface area contributed by atoms with Crippen molar-refractivity contribution in [3.8, 4) is 56.2 Å². The Balaban J connectivity index is 1.20. The third kappa shape index (κ3) is 3.93. The first kappa shape index (κ1) is 28.2. The van der Waals surface area contributed by atoms with Crippen LogP contribution in [0.4, 0.5) is 0 Å². The van der Waals surface area contributed by atoms with E-state index in [2.05, 4.69) is 170 Å². The van der Waals surface area contributed by atoms with E-state index >= 15 is 0 Å². The van der Waals surface area contributed by atoms with Gasteiger partial charge in [-0.3, -0.25) is 0 Å². The Hall–Kier alpha value is -6.64. The SMILES string of the molecule is c1ccc(-c2cc(-c3ccccc3)nc(-c3ccc4c5c(ccc4c3)-c3c(ccc4ccccc34)C53c4ccccc4-c4ccccc43)n2)cc1. The van der Waals surface area contributed by atoms with Crippen LogP contribution in [0.5, 0.6) is 0 Å². The van der Waals surface area contributed by atoms with Crippen LogP contribution in [-0.2, 0) is 5.41 Å². The fraction of sp³-hybridized carbons (Fsp3) is 0.0204. The van der Waals surface area contributed by atoms with E-state index in [1.807, 2.05) is 12.1 Å². The molecule has 0 radical (unpaired) electrons. The first-order chi connectivity index (χ1) is 25.3. The molecule has 2 heteroatoms. The molecule has 0 saturated heterocycles. The molecule has 2 aliphatic carbocycles. The van der Waals surface area contributed by atoms with E-state index in [1.54, 1.807) is 0 Å². The topological polar surface area (TPSA) is 25.8 Å². The normalized spacial score (nSPS) is 13.3. The minimum absolute atomic E-state index is 0.437. The van der Waals surface area contributed by atoms with E-state index in [1.165, 1.54) is 66.1 Å². The molecule has 51 heavy (non-hydrogen) atoms. The summed E-state index contributed by atoms with van der Waals surface area (Å²) in [6, 6.07) is 66.0. The second-order valence-electron chi connectivity index (χ2n) is 13.7. The van der Waals surface area contributed by atoms with Gasteiger partial charge in [-0.25, -0.2) is 9.97 Å². The van der Waals surface area contributed by atoms with Gasteiger partial charge in [0.25, 0.3) is 0 Å². The maximum atomic E-state index is 5.16. The van der Waals surface area contributed by atoms with Crippen LogP contribution in [0.15, 0.2) is 182 Å². The summed E-state index contributed by atoms with van der Waals surface area (Å²) in [5.74, 6) is 0.721. The number of aromatic nitrogens is 2. The molecule has 0 atom stereocenters. The highest BCUT2D eigenvalue weighted by Gasteiger charge is 2.52. The predicted octanol–water partition coefficient (Wildman–Crippen LogP) is 12.1. The number of rotatable bonds is 3. The quantitative estimate of drug-likeness (QED) is 0.191. The van der Waals surface area contributed by atoms with Crippen molar-refractivity contribution in [3.05, 3.63) is 204 Å². The molecule has 2 aliphatic rings. The summed E-state index contributed by atoms with van der Waals surface area (Å²) in [5.41, 5.74) is 15.2. The van der Waals surface area contributed by atoms with Gasteiger partial charge in [-0.2, -0.15) is 0 Å². The van der Waals surface area contributed by atoms with Gasteiger partial charge < -0.3 is 0 Å². The average Bonchev–Trinajstić information content (AvgIpc) is 3.69. The smallest absolute Gasteiger partial charge is 0.160 e. The number of nitrogens with zero attached hydrogens (tertiary/aromatic N) is 2. The summed E-state index contributed by atoms with van der Waals surface area (Å²) >= 11 is 0. The van der Waals surface area contributed by atoms with Crippen LogP contribution >= 0.6 is 0 Å². The van der Waals surface area contributed by atoms with Crippen LogP contribution in [0.1, 0.15) is 22.3 Å². The van der Waals surface area contributed by atoms with Crippen LogP contribution in [0, 0.1) is 0 Å². The van der Waals surface area contributed by atoms with Crippen molar-refractivity contribution in [2.24, 2.45) is 0 Å². The minimum Gasteiger partial charge on any atom is -0.228 e. The van der Waals surface area contributed by atoms with Gasteiger partial charge in [-0.1, -0.05) is 170 Å². The lowest BCUT2D eigenvalue weighted by molar-refractivity contribution is 0.802. The van der Waals surface area contributed by atoms with Crippen molar-refractivity contribution in [2.75, 3.05) is 0 Å². The molecule has 1 aromatic heterocycles. The van der Waals surface area contributed by atoms with Crippen molar-refractivity contribution in [1.82, 2.24) is 9.97 Å². The maximum absolute atomic E-state index is 5.16. The monoisotopic (exact) mass is 646 g/mol. The molecular formula is C49H30N2. The Morgan fingerprint density at radius 3 is 1.63 bits per heavy atom. The van der Waals surface area contributed by atoms with Crippen LogP contribution in [0.2, 0.25) is 0 Å². The molecule has 0 bridgehead atoms. The van der Waals surface area contributed by atoms with E-state index < -0.39 is 5.41 Å². The summed E-state index contributed by atoms with van der Waals surface area (Å²) < 4.78 is 0. The standard InChI is InChI=1S/C49H30N2/c1-3-14-32(15-4-1)44-30-45(33-16-5-2-6-17-33)51-48(50-44)35-24-26-37-34(29-35)23-27-40-46-36-18-8-7-13-31(36)25-28-43(46)49(47(37)40)41-21-11-9-19-38(41)39-20-10-12-22-42(39)49/h1-30H. The van der Waals surface area contributed by atoms with Crippen molar-refractivity contribution >= 4 is 21.5 Å². The zero-order chi connectivity index (χ0) is 33.5. The second kappa shape index (κ2) is 10.7. The average molecular weight is 647 g/mol. The number of benzene rings is 8. The highest BCUT2D eigenvalue weighted by molar-refractivity contribution is 6.11. The number of hydrogen-bond donors (Lipinski definition) is 0. The highest BCUT2D eigenvalue weighted by Crippen LogP contribution is 2.65. The molecule has 0 N–H and O–H groups in total. The molecule has 0 fully saturated rings. The third-order valence-electron chi connectivity index (χ3n) is 11.1. The van der Waals surface area contributed by atoms with E-state index in [0.717, 1.165) is 33.9 Å². The van der Waals surface area contributed by atoms with Crippen molar-refractivity contribution in [3.63, 3.8) is 0 Å². The van der Waals surface area contributed by atoms with Crippen molar-refractivity contribution < 1.29 is 0 Å². The summed E-state index contributed by atoms with van der Waals surface area (Å²) in [6.45, 7) is 0. The minimum atomic E-state index is -0.437. The molecular weight excluding hydrogens is 617 g/mol. The molecule has 1 heterocycles. The zero-order valence-electron chi connectivity index (χ0n) is 27.7.